The minimum absolute atomic E-state index is 0.0422. The second kappa shape index (κ2) is 9.10. The number of aromatic nitrogens is 5. The highest BCUT2D eigenvalue weighted by molar-refractivity contribution is 5.98. The third-order valence-corrected chi connectivity index (χ3v) is 5.75. The van der Waals surface area contributed by atoms with Gasteiger partial charge in [0.1, 0.15) is 12.0 Å². The Bertz CT molecular complexity index is 1590. The molecule has 0 radical (unpaired) electrons. The molecule has 0 atom stereocenters. The van der Waals surface area contributed by atoms with E-state index in [2.05, 4.69) is 30.2 Å². The van der Waals surface area contributed by atoms with Gasteiger partial charge in [-0.3, -0.25) is 9.78 Å². The standard InChI is InChI=1S/C27H22FN7O/c1-27(2,24-19(28)14-30-15-32-24)35-26(36)23-25(29)34-21(16-7-4-3-5-8-16)22(33-23)18-10-11-20-17(13-18)9-6-12-31-20/h3-15H,1-2H3,(H2,29,34)(H,35,36). The zero-order valence-corrected chi connectivity index (χ0v) is 19.6. The summed E-state index contributed by atoms with van der Waals surface area (Å²) in [6.45, 7) is 3.27. The molecule has 178 valence electrons. The molecule has 0 aliphatic rings. The molecular weight excluding hydrogens is 457 g/mol. The van der Waals surface area contributed by atoms with Crippen molar-refractivity contribution >= 4 is 22.6 Å². The fourth-order valence-electron chi connectivity index (χ4n) is 4.01. The molecule has 3 heterocycles. The van der Waals surface area contributed by atoms with Crippen LogP contribution >= 0.6 is 0 Å². The van der Waals surface area contributed by atoms with Gasteiger partial charge in [0.05, 0.1) is 28.6 Å². The van der Waals surface area contributed by atoms with Gasteiger partial charge in [-0.25, -0.2) is 24.3 Å². The largest absolute Gasteiger partial charge is 0.382 e. The van der Waals surface area contributed by atoms with Crippen LogP contribution in [-0.4, -0.2) is 30.8 Å². The van der Waals surface area contributed by atoms with Crippen molar-refractivity contribution in [3.05, 3.63) is 96.6 Å². The van der Waals surface area contributed by atoms with Crippen LogP contribution < -0.4 is 11.1 Å². The van der Waals surface area contributed by atoms with Crippen molar-refractivity contribution in [2.45, 2.75) is 19.4 Å². The normalized spacial score (nSPS) is 11.4. The maximum absolute atomic E-state index is 14.3. The summed E-state index contributed by atoms with van der Waals surface area (Å²) in [5.74, 6) is -1.28. The predicted molar refractivity (Wildman–Crippen MR) is 135 cm³/mol. The van der Waals surface area contributed by atoms with Crippen LogP contribution in [0.3, 0.4) is 0 Å². The van der Waals surface area contributed by atoms with Crippen LogP contribution in [0.15, 0.2) is 79.4 Å². The third-order valence-electron chi connectivity index (χ3n) is 5.75. The van der Waals surface area contributed by atoms with Gasteiger partial charge < -0.3 is 11.1 Å². The first kappa shape index (κ1) is 23.0. The van der Waals surface area contributed by atoms with E-state index in [1.807, 2.05) is 60.7 Å². The summed E-state index contributed by atoms with van der Waals surface area (Å²) in [7, 11) is 0. The van der Waals surface area contributed by atoms with E-state index in [0.717, 1.165) is 28.2 Å². The zero-order chi connectivity index (χ0) is 25.3. The lowest BCUT2D eigenvalue weighted by molar-refractivity contribution is 0.0904. The highest BCUT2D eigenvalue weighted by atomic mass is 19.1. The summed E-state index contributed by atoms with van der Waals surface area (Å²) >= 11 is 0. The molecule has 5 aromatic rings. The molecule has 0 bridgehead atoms. The number of halogens is 1. The summed E-state index contributed by atoms with van der Waals surface area (Å²) in [6.07, 6.45) is 4.00. The molecule has 0 aliphatic heterocycles. The van der Waals surface area contributed by atoms with Crippen molar-refractivity contribution < 1.29 is 9.18 Å². The first-order chi connectivity index (χ1) is 17.3. The van der Waals surface area contributed by atoms with E-state index < -0.39 is 17.3 Å². The Balaban J connectivity index is 1.62. The highest BCUT2D eigenvalue weighted by Crippen LogP contribution is 2.32. The number of carbonyl (C=O) groups excluding carboxylic acids is 1. The number of benzene rings is 2. The Kier molecular flexibility index (Phi) is 5.81. The molecule has 2 aromatic carbocycles. The van der Waals surface area contributed by atoms with Gasteiger partial charge in [-0.05, 0) is 32.0 Å². The van der Waals surface area contributed by atoms with Crippen LogP contribution in [0.5, 0.6) is 0 Å². The maximum Gasteiger partial charge on any atom is 0.274 e. The second-order valence-corrected chi connectivity index (χ2v) is 8.73. The quantitative estimate of drug-likeness (QED) is 0.380. The molecule has 0 fully saturated rings. The Hall–Kier alpha value is -4.79. The van der Waals surface area contributed by atoms with Crippen LogP contribution in [0.1, 0.15) is 30.0 Å². The van der Waals surface area contributed by atoms with Crippen molar-refractivity contribution in [1.82, 2.24) is 30.2 Å². The molecule has 0 saturated carbocycles. The van der Waals surface area contributed by atoms with Gasteiger partial charge in [0.15, 0.2) is 17.3 Å². The number of hydrogen-bond donors (Lipinski definition) is 2. The SMILES string of the molecule is CC(C)(NC(=O)c1nc(-c2ccc3ncccc3c2)c(-c2ccccc2)nc1N)c1ncncc1F. The van der Waals surface area contributed by atoms with E-state index >= 15 is 0 Å². The minimum atomic E-state index is -1.16. The summed E-state index contributed by atoms with van der Waals surface area (Å²) in [5.41, 5.74) is 8.45. The van der Waals surface area contributed by atoms with E-state index in [4.69, 9.17) is 5.73 Å². The first-order valence-corrected chi connectivity index (χ1v) is 11.2. The number of amides is 1. The molecule has 0 saturated heterocycles. The van der Waals surface area contributed by atoms with Gasteiger partial charge in [-0.1, -0.05) is 42.5 Å². The fraction of sp³-hybridized carbons (Fsp3) is 0.111. The maximum atomic E-state index is 14.3. The summed E-state index contributed by atoms with van der Waals surface area (Å²) in [6, 6.07) is 19.0. The topological polar surface area (TPSA) is 120 Å². The number of carbonyl (C=O) groups is 1. The lowest BCUT2D eigenvalue weighted by atomic mass is 9.99. The van der Waals surface area contributed by atoms with Gasteiger partial charge in [-0.2, -0.15) is 0 Å². The number of nitrogen functional groups attached to an aromatic ring is 1. The third kappa shape index (κ3) is 4.34. The number of anilines is 1. The van der Waals surface area contributed by atoms with Gasteiger partial charge in [0.25, 0.3) is 5.91 Å². The molecular formula is C27H22FN7O. The molecule has 0 unspecified atom stereocenters. The number of fused-ring (bicyclic) bond motifs is 1. The monoisotopic (exact) mass is 479 g/mol. The Morgan fingerprint density at radius 3 is 2.50 bits per heavy atom. The van der Waals surface area contributed by atoms with E-state index in [0.29, 0.717) is 11.4 Å². The van der Waals surface area contributed by atoms with Crippen LogP contribution in [0.4, 0.5) is 10.2 Å². The fourth-order valence-corrected chi connectivity index (χ4v) is 4.01. The number of pyridine rings is 1. The van der Waals surface area contributed by atoms with Crippen molar-refractivity contribution in [2.75, 3.05) is 5.73 Å². The Labute approximate surface area is 206 Å². The zero-order valence-electron chi connectivity index (χ0n) is 19.6. The molecule has 0 spiro atoms. The van der Waals surface area contributed by atoms with Crippen LogP contribution in [0.2, 0.25) is 0 Å². The average Bonchev–Trinajstić information content (AvgIpc) is 2.88. The van der Waals surface area contributed by atoms with Crippen molar-refractivity contribution in [3.8, 4) is 22.5 Å². The van der Waals surface area contributed by atoms with Crippen LogP contribution in [0.25, 0.3) is 33.4 Å². The van der Waals surface area contributed by atoms with Gasteiger partial charge in [0.2, 0.25) is 0 Å². The van der Waals surface area contributed by atoms with Crippen molar-refractivity contribution in [1.29, 1.82) is 0 Å². The molecule has 36 heavy (non-hydrogen) atoms. The number of nitrogens with one attached hydrogen (secondary N) is 1. The molecule has 5 rings (SSSR count). The predicted octanol–water partition coefficient (Wildman–Crippen LogP) is 4.54. The summed E-state index contributed by atoms with van der Waals surface area (Å²) in [4.78, 5) is 34.6. The van der Waals surface area contributed by atoms with E-state index in [-0.39, 0.29) is 17.2 Å². The first-order valence-electron chi connectivity index (χ1n) is 11.2. The van der Waals surface area contributed by atoms with Gasteiger partial charge in [-0.15, -0.1) is 0 Å². The smallest absolute Gasteiger partial charge is 0.274 e. The number of hydrogen-bond acceptors (Lipinski definition) is 7. The van der Waals surface area contributed by atoms with Crippen molar-refractivity contribution in [2.24, 2.45) is 0 Å². The Morgan fingerprint density at radius 1 is 0.944 bits per heavy atom. The molecule has 9 heteroatoms. The molecule has 8 nitrogen and oxygen atoms in total. The van der Waals surface area contributed by atoms with Crippen molar-refractivity contribution in [3.63, 3.8) is 0 Å². The number of rotatable bonds is 5. The van der Waals surface area contributed by atoms with Crippen LogP contribution in [0, 0.1) is 5.82 Å². The molecule has 3 aromatic heterocycles. The number of nitrogens with two attached hydrogens (primary N) is 1. The Morgan fingerprint density at radius 2 is 1.72 bits per heavy atom. The van der Waals surface area contributed by atoms with E-state index in [1.54, 1.807) is 20.0 Å². The van der Waals surface area contributed by atoms with Crippen LogP contribution in [-0.2, 0) is 5.54 Å². The highest BCUT2D eigenvalue weighted by Gasteiger charge is 2.30. The average molecular weight is 480 g/mol. The van der Waals surface area contributed by atoms with Gasteiger partial charge in [0, 0.05) is 22.7 Å². The minimum Gasteiger partial charge on any atom is -0.382 e. The summed E-state index contributed by atoms with van der Waals surface area (Å²) in [5, 5.41) is 3.69. The molecule has 0 aliphatic carbocycles. The molecule has 3 N–H and O–H groups in total. The lowest BCUT2D eigenvalue weighted by Crippen LogP contribution is -2.43. The van der Waals surface area contributed by atoms with E-state index in [9.17, 15) is 9.18 Å². The molecule has 1 amide bonds. The number of nitrogens with zero attached hydrogens (tertiary/aromatic N) is 5. The lowest BCUT2D eigenvalue weighted by Gasteiger charge is -2.26. The second-order valence-electron chi connectivity index (χ2n) is 8.73. The summed E-state index contributed by atoms with van der Waals surface area (Å²) < 4.78 is 14.3. The van der Waals surface area contributed by atoms with Gasteiger partial charge >= 0.3 is 0 Å². The van der Waals surface area contributed by atoms with E-state index in [1.165, 1.54) is 6.33 Å².